The molecule has 3 saturated carbocycles. The summed E-state index contributed by atoms with van der Waals surface area (Å²) in [7, 11) is 0. The molecule has 0 aliphatic heterocycles. The molecule has 0 amide bonds. The molecule has 0 spiro atoms. The summed E-state index contributed by atoms with van der Waals surface area (Å²) in [5, 5.41) is 0.534. The molecule has 4 aliphatic carbocycles. The smallest absolute Gasteiger partial charge is 0.335 e. The van der Waals surface area contributed by atoms with Gasteiger partial charge in [-0.05, 0) is 99.7 Å². The largest absolute Gasteiger partial charge is 0.459 e. The second-order valence-corrected chi connectivity index (χ2v) is 13.6. The van der Waals surface area contributed by atoms with E-state index in [1.165, 1.54) is 77.0 Å². The number of halogens is 1. The number of hydrogen-bond donors (Lipinski definition) is 0. The molecule has 3 fully saturated rings. The maximum atomic E-state index is 12.5. The summed E-state index contributed by atoms with van der Waals surface area (Å²) in [6, 6.07) is 0. The molecule has 0 aromatic heterocycles. The van der Waals surface area contributed by atoms with E-state index in [2.05, 4.69) is 26.8 Å². The highest BCUT2D eigenvalue weighted by molar-refractivity contribution is 6.31. The Morgan fingerprint density at radius 2 is 1.74 bits per heavy atom. The van der Waals surface area contributed by atoms with Gasteiger partial charge < -0.3 is 4.74 Å². The number of allylic oxidation sites excluding steroid dienone is 2. The van der Waals surface area contributed by atoms with Crippen molar-refractivity contribution in [3.8, 4) is 0 Å². The van der Waals surface area contributed by atoms with Crippen molar-refractivity contribution < 1.29 is 9.53 Å². The van der Waals surface area contributed by atoms with Crippen LogP contribution in [-0.2, 0) is 9.53 Å². The van der Waals surface area contributed by atoms with Crippen LogP contribution in [0, 0.1) is 34.5 Å². The Kier molecular flexibility index (Phi) is 8.82. The second-order valence-electron chi connectivity index (χ2n) is 13.1. The van der Waals surface area contributed by atoms with E-state index in [1.807, 2.05) is 0 Å². The van der Waals surface area contributed by atoms with Crippen LogP contribution in [0.5, 0.6) is 0 Å². The van der Waals surface area contributed by atoms with Crippen molar-refractivity contribution in [2.45, 2.75) is 137 Å². The summed E-state index contributed by atoms with van der Waals surface area (Å²) < 4.78 is 5.89. The SMILES string of the molecule is CCCCCCCC[C@@H]1CC[C@@H]2[C@@H]3CC=C4C[C@@H](OC(=O)/C(C)=C(/C)Cl)CC[C@]4(C)[C@@H]3CC[C@]12C. The van der Waals surface area contributed by atoms with Gasteiger partial charge in [0.2, 0.25) is 0 Å². The van der Waals surface area contributed by atoms with Crippen LogP contribution in [-0.4, -0.2) is 12.1 Å². The Morgan fingerprint density at radius 1 is 1.00 bits per heavy atom. The minimum atomic E-state index is -0.240. The van der Waals surface area contributed by atoms with Crippen molar-refractivity contribution in [2.24, 2.45) is 34.5 Å². The van der Waals surface area contributed by atoms with E-state index in [9.17, 15) is 4.79 Å². The topological polar surface area (TPSA) is 26.3 Å². The highest BCUT2D eigenvalue weighted by atomic mass is 35.5. The standard InChI is InChI=1S/C32H51ClO2/c1-6-7-8-9-10-11-12-24-14-16-28-27-15-13-25-21-26(35-30(34)22(2)23(3)33)17-19-32(25,5)29(27)18-20-31(24,28)4/h13,24,26-29H,6-12,14-21H2,1-5H3/b23-22-/t24-,26+,27+,28-,29-,31-,32+/m1/s1. The van der Waals surface area contributed by atoms with Crippen LogP contribution in [0.4, 0.5) is 0 Å². The molecular formula is C32H51ClO2. The van der Waals surface area contributed by atoms with E-state index in [1.54, 1.807) is 19.4 Å². The van der Waals surface area contributed by atoms with Gasteiger partial charge in [-0.1, -0.05) is 82.5 Å². The predicted molar refractivity (Wildman–Crippen MR) is 147 cm³/mol. The molecule has 2 nitrogen and oxygen atoms in total. The fraction of sp³-hybridized carbons (Fsp3) is 0.844. The summed E-state index contributed by atoms with van der Waals surface area (Å²) in [6.07, 6.45) is 22.7. The summed E-state index contributed by atoms with van der Waals surface area (Å²) >= 11 is 6.04. The molecule has 0 aromatic carbocycles. The van der Waals surface area contributed by atoms with Crippen LogP contribution < -0.4 is 0 Å². The van der Waals surface area contributed by atoms with Gasteiger partial charge in [0.15, 0.2) is 0 Å². The van der Waals surface area contributed by atoms with Gasteiger partial charge in [0.1, 0.15) is 6.10 Å². The molecule has 0 bridgehead atoms. The number of unbranched alkanes of at least 4 members (excludes halogenated alkanes) is 5. The summed E-state index contributed by atoms with van der Waals surface area (Å²) in [4.78, 5) is 12.5. The second kappa shape index (κ2) is 11.3. The zero-order valence-electron chi connectivity index (χ0n) is 23.3. The van der Waals surface area contributed by atoms with Crippen LogP contribution in [0.1, 0.15) is 131 Å². The number of rotatable bonds is 9. The highest BCUT2D eigenvalue weighted by Gasteiger charge is 2.58. The monoisotopic (exact) mass is 502 g/mol. The quantitative estimate of drug-likeness (QED) is 0.136. The molecule has 0 saturated heterocycles. The van der Waals surface area contributed by atoms with Crippen LogP contribution in [0.15, 0.2) is 22.3 Å². The third kappa shape index (κ3) is 5.44. The third-order valence-corrected chi connectivity index (χ3v) is 11.5. The van der Waals surface area contributed by atoms with E-state index in [0.29, 0.717) is 21.4 Å². The van der Waals surface area contributed by atoms with Gasteiger partial charge in [0.25, 0.3) is 0 Å². The van der Waals surface area contributed by atoms with Crippen LogP contribution >= 0.6 is 11.6 Å². The van der Waals surface area contributed by atoms with Crippen molar-refractivity contribution in [2.75, 3.05) is 0 Å². The van der Waals surface area contributed by atoms with Gasteiger partial charge in [0, 0.05) is 17.0 Å². The number of hydrogen-bond acceptors (Lipinski definition) is 2. The first-order valence-electron chi connectivity index (χ1n) is 14.9. The fourth-order valence-electron chi connectivity index (χ4n) is 8.86. The lowest BCUT2D eigenvalue weighted by molar-refractivity contribution is -0.146. The van der Waals surface area contributed by atoms with Gasteiger partial charge in [-0.25, -0.2) is 4.79 Å². The Hall–Kier alpha value is -0.760. The highest BCUT2D eigenvalue weighted by Crippen LogP contribution is 2.66. The summed E-state index contributed by atoms with van der Waals surface area (Å²) in [5.41, 5.74) is 3.00. The van der Waals surface area contributed by atoms with Gasteiger partial charge >= 0.3 is 5.97 Å². The van der Waals surface area contributed by atoms with Crippen molar-refractivity contribution >= 4 is 17.6 Å². The molecule has 0 radical (unpaired) electrons. The number of fused-ring (bicyclic) bond motifs is 5. The average Bonchev–Trinajstić information content (AvgIpc) is 3.17. The first kappa shape index (κ1) is 27.3. The zero-order valence-corrected chi connectivity index (χ0v) is 24.0. The molecule has 4 rings (SSSR count). The first-order chi connectivity index (χ1) is 16.7. The van der Waals surface area contributed by atoms with E-state index in [4.69, 9.17) is 16.3 Å². The normalized spacial score (nSPS) is 39.1. The van der Waals surface area contributed by atoms with Crippen molar-refractivity contribution in [1.82, 2.24) is 0 Å². The van der Waals surface area contributed by atoms with E-state index < -0.39 is 0 Å². The fourth-order valence-corrected chi connectivity index (χ4v) is 8.94. The lowest BCUT2D eigenvalue weighted by atomic mass is 9.47. The predicted octanol–water partition coefficient (Wildman–Crippen LogP) is 9.76. The number of carbonyl (C=O) groups excluding carboxylic acids is 1. The van der Waals surface area contributed by atoms with E-state index in [0.717, 1.165) is 42.9 Å². The molecule has 0 N–H and O–H groups in total. The van der Waals surface area contributed by atoms with Crippen LogP contribution in [0.2, 0.25) is 0 Å². The summed E-state index contributed by atoms with van der Waals surface area (Å²) in [5.74, 6) is 3.30. The Labute approximate surface area is 220 Å². The molecule has 7 atom stereocenters. The van der Waals surface area contributed by atoms with Gasteiger partial charge in [-0.15, -0.1) is 0 Å². The van der Waals surface area contributed by atoms with Crippen molar-refractivity contribution in [3.63, 3.8) is 0 Å². The lowest BCUT2D eigenvalue weighted by Gasteiger charge is -2.58. The van der Waals surface area contributed by atoms with Gasteiger partial charge in [-0.2, -0.15) is 0 Å². The Bertz CT molecular complexity index is 823. The number of esters is 1. The molecular weight excluding hydrogens is 452 g/mol. The molecule has 0 heterocycles. The molecule has 198 valence electrons. The number of ether oxygens (including phenoxy) is 1. The number of carbonyl (C=O) groups is 1. The van der Waals surface area contributed by atoms with E-state index >= 15 is 0 Å². The Balaban J connectivity index is 1.38. The molecule has 4 aliphatic rings. The van der Waals surface area contributed by atoms with Crippen molar-refractivity contribution in [3.05, 3.63) is 22.3 Å². The van der Waals surface area contributed by atoms with Gasteiger partial charge in [0.05, 0.1) is 0 Å². The molecule has 35 heavy (non-hydrogen) atoms. The van der Waals surface area contributed by atoms with Gasteiger partial charge in [-0.3, -0.25) is 0 Å². The van der Waals surface area contributed by atoms with E-state index in [-0.39, 0.29) is 12.1 Å². The minimum absolute atomic E-state index is 0.00591. The van der Waals surface area contributed by atoms with Crippen molar-refractivity contribution in [1.29, 1.82) is 0 Å². The van der Waals surface area contributed by atoms with Crippen LogP contribution in [0.3, 0.4) is 0 Å². The maximum absolute atomic E-state index is 12.5. The average molecular weight is 503 g/mol. The molecule has 0 aromatic rings. The molecule has 0 unspecified atom stereocenters. The molecule has 3 heteroatoms. The maximum Gasteiger partial charge on any atom is 0.335 e. The zero-order chi connectivity index (χ0) is 25.2. The third-order valence-electron chi connectivity index (χ3n) is 11.3. The summed E-state index contributed by atoms with van der Waals surface area (Å²) in [6.45, 7) is 11.1. The van der Waals surface area contributed by atoms with Crippen LogP contribution in [0.25, 0.3) is 0 Å². The Morgan fingerprint density at radius 3 is 2.49 bits per heavy atom. The minimum Gasteiger partial charge on any atom is -0.459 e. The lowest BCUT2D eigenvalue weighted by Crippen LogP contribution is -2.50. The first-order valence-corrected chi connectivity index (χ1v) is 15.3.